The van der Waals surface area contributed by atoms with Crippen LogP contribution >= 0.6 is 22.3 Å². The second-order valence-corrected chi connectivity index (χ2v) is 5.75. The van der Waals surface area contributed by atoms with Crippen LogP contribution in [0.25, 0.3) is 0 Å². The van der Waals surface area contributed by atoms with E-state index in [-0.39, 0.29) is 0 Å². The highest BCUT2D eigenvalue weighted by atomic mass is 35.7. The Morgan fingerprint density at radius 2 is 1.88 bits per heavy atom. The van der Waals surface area contributed by atoms with Crippen molar-refractivity contribution >= 4 is 37.0 Å². The van der Waals surface area contributed by atoms with Gasteiger partial charge in [-0.15, -0.1) is 0 Å². The molecule has 0 unspecified atom stereocenters. The van der Waals surface area contributed by atoms with Gasteiger partial charge < -0.3 is 0 Å². The molecule has 1 aromatic carbocycles. The molecule has 0 aliphatic rings. The molecule has 0 bridgehead atoms. The number of benzene rings is 1. The maximum Gasteiger partial charge on any atom is 0.298 e. The molecule has 94 valence electrons. The average Bonchev–Trinajstić information content (AvgIpc) is 2.14. The highest BCUT2D eigenvalue weighted by Gasteiger charge is 2.33. The van der Waals surface area contributed by atoms with Crippen molar-refractivity contribution < 1.29 is 22.1 Å². The van der Waals surface area contributed by atoms with Crippen molar-refractivity contribution in [3.05, 3.63) is 32.8 Å². The molecule has 1 aromatic rings. The molecule has 0 saturated carbocycles. The monoisotopic (exact) mass is 305 g/mol. The second-order valence-electron chi connectivity index (χ2n) is 2.80. The Hall–Kier alpha value is -0.990. The SMILES string of the molecule is O=[N+]([O-])c1c(Cl)ccc(S(=O)(=O)Cl)c1C(F)F. The van der Waals surface area contributed by atoms with Gasteiger partial charge >= 0.3 is 0 Å². The lowest BCUT2D eigenvalue weighted by atomic mass is 10.2. The van der Waals surface area contributed by atoms with Crippen molar-refractivity contribution in [3.8, 4) is 0 Å². The van der Waals surface area contributed by atoms with Crippen LogP contribution in [0.4, 0.5) is 14.5 Å². The third-order valence-corrected chi connectivity index (χ3v) is 3.48. The van der Waals surface area contributed by atoms with Gasteiger partial charge in [0.15, 0.2) is 0 Å². The summed E-state index contributed by atoms with van der Waals surface area (Å²) in [5, 5.41) is 9.99. The highest BCUT2D eigenvalue weighted by molar-refractivity contribution is 8.13. The zero-order valence-electron chi connectivity index (χ0n) is 7.73. The van der Waals surface area contributed by atoms with Crippen LogP contribution in [0, 0.1) is 10.1 Å². The molecule has 5 nitrogen and oxygen atoms in total. The minimum Gasteiger partial charge on any atom is -0.258 e. The van der Waals surface area contributed by atoms with E-state index in [9.17, 15) is 27.3 Å². The van der Waals surface area contributed by atoms with E-state index < -0.39 is 41.6 Å². The molecule has 0 aliphatic heterocycles. The third kappa shape index (κ3) is 2.82. The number of nitrogens with zero attached hydrogens (tertiary/aromatic N) is 1. The Bertz CT molecular complexity index is 575. The predicted octanol–water partition coefficient (Wildman–Crippen LogP) is 3.11. The van der Waals surface area contributed by atoms with E-state index in [4.69, 9.17) is 22.3 Å². The summed E-state index contributed by atoms with van der Waals surface area (Å²) < 4.78 is 47.4. The maximum atomic E-state index is 12.7. The fraction of sp³-hybridized carbons (Fsp3) is 0.143. The van der Waals surface area contributed by atoms with Crippen LogP contribution in [0.5, 0.6) is 0 Å². The summed E-state index contributed by atoms with van der Waals surface area (Å²) in [6, 6.07) is 1.51. The summed E-state index contributed by atoms with van der Waals surface area (Å²) in [6.07, 6.45) is -3.39. The van der Waals surface area contributed by atoms with Crippen LogP contribution in [-0.2, 0) is 9.05 Å². The Morgan fingerprint density at radius 3 is 2.24 bits per heavy atom. The van der Waals surface area contributed by atoms with Crippen LogP contribution < -0.4 is 0 Å². The number of halogens is 4. The topological polar surface area (TPSA) is 77.3 Å². The number of alkyl halides is 2. The Morgan fingerprint density at radius 1 is 1.35 bits per heavy atom. The molecule has 0 amide bonds. The van der Waals surface area contributed by atoms with E-state index in [1.54, 1.807) is 0 Å². The van der Waals surface area contributed by atoms with Crippen LogP contribution in [0.3, 0.4) is 0 Å². The molecule has 17 heavy (non-hydrogen) atoms. The molecule has 0 aliphatic carbocycles. The Kier molecular flexibility index (Phi) is 3.90. The molecule has 0 atom stereocenters. The standard InChI is InChI=1S/C7H3Cl2F2NO4S/c8-3-1-2-4(17(9,15)16)5(7(10)11)6(3)12(13)14/h1-2,7H. The number of hydrogen-bond acceptors (Lipinski definition) is 4. The molecule has 10 heteroatoms. The van der Waals surface area contributed by atoms with Crippen molar-refractivity contribution in [3.63, 3.8) is 0 Å². The fourth-order valence-corrected chi connectivity index (χ4v) is 2.49. The summed E-state index contributed by atoms with van der Waals surface area (Å²) >= 11 is 5.38. The summed E-state index contributed by atoms with van der Waals surface area (Å²) in [6.45, 7) is 0. The number of nitro groups is 1. The number of rotatable bonds is 3. The lowest BCUT2D eigenvalue weighted by molar-refractivity contribution is -0.386. The second kappa shape index (κ2) is 4.71. The van der Waals surface area contributed by atoms with Crippen LogP contribution in [0.2, 0.25) is 5.02 Å². The van der Waals surface area contributed by atoms with Gasteiger partial charge in [0, 0.05) is 10.7 Å². The van der Waals surface area contributed by atoms with Crippen molar-refractivity contribution in [2.75, 3.05) is 0 Å². The van der Waals surface area contributed by atoms with Gasteiger partial charge in [-0.3, -0.25) is 10.1 Å². The fourth-order valence-electron chi connectivity index (χ4n) is 1.17. The third-order valence-electron chi connectivity index (χ3n) is 1.79. The molecule has 1 rings (SSSR count). The van der Waals surface area contributed by atoms with Gasteiger partial charge in [0.1, 0.15) is 10.6 Å². The first-order valence-corrected chi connectivity index (χ1v) is 6.54. The summed E-state index contributed by atoms with van der Waals surface area (Å²) in [5.74, 6) is 0. The molecular weight excluding hydrogens is 303 g/mol. The molecule has 0 fully saturated rings. The van der Waals surface area contributed by atoms with Gasteiger partial charge in [0.2, 0.25) is 0 Å². The van der Waals surface area contributed by atoms with Crippen molar-refractivity contribution in [2.24, 2.45) is 0 Å². The van der Waals surface area contributed by atoms with Crippen molar-refractivity contribution in [1.82, 2.24) is 0 Å². The summed E-state index contributed by atoms with van der Waals surface area (Å²) in [4.78, 5) is 8.37. The van der Waals surface area contributed by atoms with Crippen molar-refractivity contribution in [1.29, 1.82) is 0 Å². The Labute approximate surface area is 104 Å². The minimum atomic E-state index is -4.52. The van der Waals surface area contributed by atoms with Crippen LogP contribution in [-0.4, -0.2) is 13.3 Å². The van der Waals surface area contributed by atoms with Crippen LogP contribution in [0.15, 0.2) is 17.0 Å². The normalized spacial score (nSPS) is 11.8. The van der Waals surface area contributed by atoms with Crippen LogP contribution in [0.1, 0.15) is 12.0 Å². The summed E-state index contributed by atoms with van der Waals surface area (Å²) in [7, 11) is 0.388. The molecule has 0 N–H and O–H groups in total. The van der Waals surface area contributed by atoms with E-state index in [2.05, 4.69) is 0 Å². The minimum absolute atomic E-state index is 0.589. The molecule has 0 aromatic heterocycles. The predicted molar refractivity (Wildman–Crippen MR) is 56.1 cm³/mol. The maximum absolute atomic E-state index is 12.7. The first-order chi connectivity index (χ1) is 7.66. The largest absolute Gasteiger partial charge is 0.298 e. The van der Waals surface area contributed by atoms with Gasteiger partial charge in [0.05, 0.1) is 9.82 Å². The van der Waals surface area contributed by atoms with Crippen molar-refractivity contribution in [2.45, 2.75) is 11.3 Å². The van der Waals surface area contributed by atoms with Gasteiger partial charge in [-0.05, 0) is 12.1 Å². The zero-order chi connectivity index (χ0) is 13.4. The molecule has 0 spiro atoms. The van der Waals surface area contributed by atoms with E-state index in [0.29, 0.717) is 6.07 Å². The van der Waals surface area contributed by atoms with Gasteiger partial charge in [0.25, 0.3) is 21.2 Å². The smallest absolute Gasteiger partial charge is 0.258 e. The molecular formula is C7H3Cl2F2NO4S. The molecule has 0 heterocycles. The highest BCUT2D eigenvalue weighted by Crippen LogP contribution is 2.40. The lowest BCUT2D eigenvalue weighted by Crippen LogP contribution is -2.04. The van der Waals surface area contributed by atoms with E-state index >= 15 is 0 Å². The summed E-state index contributed by atoms with van der Waals surface area (Å²) in [5.41, 5.74) is -2.47. The quantitative estimate of drug-likeness (QED) is 0.488. The molecule has 0 saturated heterocycles. The molecule has 0 radical (unpaired) electrons. The number of hydrogen-bond donors (Lipinski definition) is 0. The zero-order valence-corrected chi connectivity index (χ0v) is 10.1. The van der Waals surface area contributed by atoms with E-state index in [0.717, 1.165) is 6.07 Å². The number of nitro benzene ring substituents is 1. The first kappa shape index (κ1) is 14.1. The van der Waals surface area contributed by atoms with Gasteiger partial charge in [-0.25, -0.2) is 17.2 Å². The Balaban J connectivity index is 3.78. The lowest BCUT2D eigenvalue weighted by Gasteiger charge is -2.07. The van der Waals surface area contributed by atoms with E-state index in [1.165, 1.54) is 0 Å². The van der Waals surface area contributed by atoms with Gasteiger partial charge in [-0.1, -0.05) is 11.6 Å². The van der Waals surface area contributed by atoms with Gasteiger partial charge in [-0.2, -0.15) is 0 Å². The van der Waals surface area contributed by atoms with E-state index in [1.807, 2.05) is 0 Å². The average molecular weight is 306 g/mol. The first-order valence-electron chi connectivity index (χ1n) is 3.86.